The molecule has 0 bridgehead atoms. The molecule has 0 spiro atoms. The van der Waals surface area contributed by atoms with Crippen molar-refractivity contribution in [1.82, 2.24) is 5.32 Å². The van der Waals surface area contributed by atoms with Gasteiger partial charge >= 0.3 is 5.97 Å². The van der Waals surface area contributed by atoms with Crippen LogP contribution in [0.3, 0.4) is 0 Å². The number of methoxy groups -OCH3 is 1. The lowest BCUT2D eigenvalue weighted by atomic mass is 9.95. The molecular formula is C17H23NO5. The fourth-order valence-electron chi connectivity index (χ4n) is 2.84. The van der Waals surface area contributed by atoms with E-state index in [1.165, 1.54) is 0 Å². The molecule has 1 saturated heterocycles. The van der Waals surface area contributed by atoms with Crippen molar-refractivity contribution < 1.29 is 24.2 Å². The van der Waals surface area contributed by atoms with Gasteiger partial charge in [0.25, 0.3) is 0 Å². The van der Waals surface area contributed by atoms with Crippen LogP contribution in [-0.4, -0.2) is 42.8 Å². The van der Waals surface area contributed by atoms with Gasteiger partial charge in [-0.25, -0.2) is 4.79 Å². The van der Waals surface area contributed by atoms with E-state index < -0.39 is 11.5 Å². The van der Waals surface area contributed by atoms with Crippen LogP contribution in [0.5, 0.6) is 5.75 Å². The molecule has 1 aliphatic heterocycles. The Labute approximate surface area is 135 Å². The topological polar surface area (TPSA) is 84.9 Å². The van der Waals surface area contributed by atoms with Gasteiger partial charge in [-0.05, 0) is 24.0 Å². The summed E-state index contributed by atoms with van der Waals surface area (Å²) in [6.07, 6.45) is 1.25. The average Bonchev–Trinajstić information content (AvgIpc) is 2.97. The Hall–Kier alpha value is -2.08. The van der Waals surface area contributed by atoms with Gasteiger partial charge < -0.3 is 19.9 Å². The molecule has 1 aromatic carbocycles. The second-order valence-electron chi connectivity index (χ2n) is 6.06. The summed E-state index contributed by atoms with van der Waals surface area (Å²) < 4.78 is 10.5. The molecule has 2 N–H and O–H groups in total. The minimum absolute atomic E-state index is 0.0228. The fraction of sp³-hybridized carbons (Fsp3) is 0.529. The Bertz CT molecular complexity index is 566. The third kappa shape index (κ3) is 4.22. The summed E-state index contributed by atoms with van der Waals surface area (Å²) in [5.74, 6) is -0.438. The summed E-state index contributed by atoms with van der Waals surface area (Å²) in [4.78, 5) is 23.6. The number of hydrogen-bond acceptors (Lipinski definition) is 4. The minimum atomic E-state index is -1.28. The summed E-state index contributed by atoms with van der Waals surface area (Å²) in [7, 11) is 1.62. The molecule has 126 valence electrons. The van der Waals surface area contributed by atoms with Crippen molar-refractivity contribution in [3.05, 3.63) is 29.8 Å². The highest BCUT2D eigenvalue weighted by atomic mass is 16.5. The summed E-state index contributed by atoms with van der Waals surface area (Å²) in [5.41, 5.74) is -0.242. The third-order valence-corrected chi connectivity index (χ3v) is 4.10. The first-order valence-corrected chi connectivity index (χ1v) is 7.71. The van der Waals surface area contributed by atoms with Crippen LogP contribution < -0.4 is 10.1 Å². The zero-order valence-electron chi connectivity index (χ0n) is 13.5. The van der Waals surface area contributed by atoms with Gasteiger partial charge in [0.2, 0.25) is 5.91 Å². The number of carbonyl (C=O) groups excluding carboxylic acids is 1. The number of benzene rings is 1. The molecule has 6 nitrogen and oxygen atoms in total. The first-order valence-electron chi connectivity index (χ1n) is 7.71. The molecule has 0 aliphatic carbocycles. The SMILES string of the molecule is COc1ccccc1CC(C)CC(=O)NC1(C(=O)O)CCOC1. The van der Waals surface area contributed by atoms with Gasteiger partial charge in [0.15, 0.2) is 5.54 Å². The maximum absolute atomic E-state index is 12.2. The Morgan fingerprint density at radius 2 is 2.17 bits per heavy atom. The van der Waals surface area contributed by atoms with Crippen molar-refractivity contribution >= 4 is 11.9 Å². The Kier molecular flexibility index (Phi) is 5.60. The first kappa shape index (κ1) is 17.3. The van der Waals surface area contributed by atoms with Crippen molar-refractivity contribution in [1.29, 1.82) is 0 Å². The van der Waals surface area contributed by atoms with Crippen molar-refractivity contribution in [2.24, 2.45) is 5.92 Å². The number of carboxylic acids is 1. The number of nitrogens with one attached hydrogen (secondary N) is 1. The standard InChI is InChI=1S/C17H23NO5/c1-12(9-13-5-3-4-6-14(13)22-2)10-15(19)18-17(16(20)21)7-8-23-11-17/h3-6,12H,7-11H2,1-2H3,(H,18,19)(H,20,21). The van der Waals surface area contributed by atoms with E-state index in [1.54, 1.807) is 7.11 Å². The number of carbonyl (C=O) groups is 2. The van der Waals surface area contributed by atoms with E-state index in [2.05, 4.69) is 5.32 Å². The van der Waals surface area contributed by atoms with E-state index in [0.29, 0.717) is 19.4 Å². The van der Waals surface area contributed by atoms with Crippen LogP contribution in [0.25, 0.3) is 0 Å². The van der Waals surface area contributed by atoms with Crippen molar-refractivity contribution in [3.63, 3.8) is 0 Å². The molecule has 2 atom stereocenters. The van der Waals surface area contributed by atoms with Gasteiger partial charge in [-0.1, -0.05) is 25.1 Å². The highest BCUT2D eigenvalue weighted by Gasteiger charge is 2.43. The van der Waals surface area contributed by atoms with Crippen molar-refractivity contribution in [3.8, 4) is 5.75 Å². The molecule has 0 aromatic heterocycles. The Morgan fingerprint density at radius 3 is 2.78 bits per heavy atom. The molecule has 23 heavy (non-hydrogen) atoms. The zero-order valence-corrected chi connectivity index (χ0v) is 13.5. The number of carboxylic acid groups (broad SMARTS) is 1. The second-order valence-corrected chi connectivity index (χ2v) is 6.06. The first-order chi connectivity index (χ1) is 11.0. The number of hydrogen-bond donors (Lipinski definition) is 2. The Morgan fingerprint density at radius 1 is 1.43 bits per heavy atom. The second kappa shape index (κ2) is 7.46. The number of ether oxygens (including phenoxy) is 2. The van der Waals surface area contributed by atoms with Crippen LogP contribution in [0.15, 0.2) is 24.3 Å². The molecule has 0 saturated carbocycles. The summed E-state index contributed by atoms with van der Waals surface area (Å²) in [6, 6.07) is 7.69. The van der Waals surface area contributed by atoms with E-state index in [1.807, 2.05) is 31.2 Å². The normalized spacial score (nSPS) is 21.7. The zero-order chi connectivity index (χ0) is 16.9. The maximum Gasteiger partial charge on any atom is 0.331 e. The quantitative estimate of drug-likeness (QED) is 0.797. The maximum atomic E-state index is 12.2. The van der Waals surface area contributed by atoms with Crippen molar-refractivity contribution in [2.75, 3.05) is 20.3 Å². The fourth-order valence-corrected chi connectivity index (χ4v) is 2.84. The largest absolute Gasteiger partial charge is 0.496 e. The molecule has 6 heteroatoms. The smallest absolute Gasteiger partial charge is 0.331 e. The lowest BCUT2D eigenvalue weighted by molar-refractivity contribution is -0.147. The minimum Gasteiger partial charge on any atom is -0.496 e. The summed E-state index contributed by atoms with van der Waals surface area (Å²) >= 11 is 0. The van der Waals surface area contributed by atoms with Crippen LogP contribution >= 0.6 is 0 Å². The molecule has 1 aromatic rings. The van der Waals surface area contributed by atoms with Gasteiger partial charge in [-0.2, -0.15) is 0 Å². The average molecular weight is 321 g/mol. The predicted octanol–water partition coefficient (Wildman–Crippen LogP) is 1.62. The molecule has 1 fully saturated rings. The number of aliphatic carboxylic acids is 1. The van der Waals surface area contributed by atoms with Crippen LogP contribution in [0.4, 0.5) is 0 Å². The number of rotatable bonds is 7. The molecule has 2 unspecified atom stereocenters. The highest BCUT2D eigenvalue weighted by Crippen LogP contribution is 2.23. The van der Waals surface area contributed by atoms with E-state index in [0.717, 1.165) is 11.3 Å². The highest BCUT2D eigenvalue weighted by molar-refractivity contribution is 5.87. The monoisotopic (exact) mass is 321 g/mol. The lowest BCUT2D eigenvalue weighted by Crippen LogP contribution is -2.55. The van der Waals surface area contributed by atoms with E-state index in [-0.39, 0.29) is 24.9 Å². The molecule has 2 rings (SSSR count). The molecule has 0 radical (unpaired) electrons. The van der Waals surface area contributed by atoms with Crippen LogP contribution in [0.1, 0.15) is 25.3 Å². The van der Waals surface area contributed by atoms with Gasteiger partial charge in [-0.3, -0.25) is 4.79 Å². The summed E-state index contributed by atoms with van der Waals surface area (Å²) in [5, 5.41) is 12.0. The molecule has 1 aliphatic rings. The van der Waals surface area contributed by atoms with Crippen molar-refractivity contribution in [2.45, 2.75) is 31.7 Å². The van der Waals surface area contributed by atoms with E-state index in [4.69, 9.17) is 9.47 Å². The van der Waals surface area contributed by atoms with Crippen LogP contribution in [-0.2, 0) is 20.7 Å². The third-order valence-electron chi connectivity index (χ3n) is 4.10. The van der Waals surface area contributed by atoms with Gasteiger partial charge in [0, 0.05) is 19.4 Å². The van der Waals surface area contributed by atoms with Crippen LogP contribution in [0, 0.1) is 5.92 Å². The summed E-state index contributed by atoms with van der Waals surface area (Å²) in [6.45, 7) is 2.34. The molecule has 1 amide bonds. The molecule has 1 heterocycles. The molecular weight excluding hydrogens is 298 g/mol. The number of amides is 1. The lowest BCUT2D eigenvalue weighted by Gasteiger charge is -2.24. The van der Waals surface area contributed by atoms with Gasteiger partial charge in [-0.15, -0.1) is 0 Å². The van der Waals surface area contributed by atoms with E-state index >= 15 is 0 Å². The van der Waals surface area contributed by atoms with Crippen LogP contribution in [0.2, 0.25) is 0 Å². The Balaban J connectivity index is 1.93. The van der Waals surface area contributed by atoms with Gasteiger partial charge in [0.05, 0.1) is 13.7 Å². The predicted molar refractivity (Wildman–Crippen MR) is 84.4 cm³/mol. The van der Waals surface area contributed by atoms with E-state index in [9.17, 15) is 14.7 Å². The van der Waals surface area contributed by atoms with Gasteiger partial charge in [0.1, 0.15) is 5.75 Å². The number of para-hydroxylation sites is 1.